The van der Waals surface area contributed by atoms with Crippen molar-refractivity contribution in [3.05, 3.63) is 41.3 Å². The van der Waals surface area contributed by atoms with Gasteiger partial charge in [-0.2, -0.15) is 4.98 Å². The number of nitrogens with zero attached hydrogens (tertiary/aromatic N) is 2. The first kappa shape index (κ1) is 13.5. The molecule has 0 amide bonds. The monoisotopic (exact) mass is 266 g/mol. The largest absolute Gasteiger partial charge is 0.481 e. The van der Waals surface area contributed by atoms with Crippen LogP contribution in [0.2, 0.25) is 0 Å². The fraction of sp³-hybridized carbons (Fsp3) is 0.385. The van der Waals surface area contributed by atoms with Crippen LogP contribution in [-0.4, -0.2) is 15.2 Å². The number of aliphatic hydroxyl groups is 1. The van der Waals surface area contributed by atoms with Crippen LogP contribution in [-0.2, 0) is 13.0 Å². The lowest BCUT2D eigenvalue weighted by atomic mass is 10.1. The molecule has 1 aromatic carbocycles. The third-order valence-corrected chi connectivity index (χ3v) is 2.62. The average molecular weight is 266 g/mol. The summed E-state index contributed by atoms with van der Waals surface area (Å²) in [4.78, 5) is 4.05. The molecule has 1 heterocycles. The van der Waals surface area contributed by atoms with E-state index < -0.39 is 11.9 Å². The summed E-state index contributed by atoms with van der Waals surface area (Å²) < 4.78 is 23.9. The van der Waals surface area contributed by atoms with Gasteiger partial charge in [-0.25, -0.2) is 4.39 Å². The minimum absolute atomic E-state index is 0.0119. The molecule has 0 aliphatic rings. The fourth-order valence-corrected chi connectivity index (χ4v) is 1.53. The highest BCUT2D eigenvalue weighted by Gasteiger charge is 2.10. The minimum atomic E-state index is -0.716. The molecule has 6 heteroatoms. The summed E-state index contributed by atoms with van der Waals surface area (Å²) in [6.45, 7) is 3.49. The summed E-state index contributed by atoms with van der Waals surface area (Å²) in [5.74, 6) is 0.439. The summed E-state index contributed by atoms with van der Waals surface area (Å²) in [5, 5.41) is 13.0. The normalized spacial score (nSPS) is 12.4. The number of ether oxygens (including phenoxy) is 1. The van der Waals surface area contributed by atoms with Crippen LogP contribution in [0.15, 0.2) is 22.7 Å². The quantitative estimate of drug-likeness (QED) is 0.900. The summed E-state index contributed by atoms with van der Waals surface area (Å²) in [6.07, 6.45) is -0.0485. The Balaban J connectivity index is 2.03. The molecule has 1 aromatic heterocycles. The van der Waals surface area contributed by atoms with Crippen LogP contribution in [0, 0.1) is 5.82 Å². The Kier molecular flexibility index (Phi) is 4.11. The maximum atomic E-state index is 13.7. The summed E-state index contributed by atoms with van der Waals surface area (Å²) in [6, 6.07) is 4.31. The predicted octanol–water partition coefficient (Wildman–Crippen LogP) is 2.40. The van der Waals surface area contributed by atoms with E-state index in [0.717, 1.165) is 0 Å². The number of hydrogen-bond acceptors (Lipinski definition) is 5. The van der Waals surface area contributed by atoms with Crippen molar-refractivity contribution in [2.24, 2.45) is 0 Å². The minimum Gasteiger partial charge on any atom is -0.481 e. The Morgan fingerprint density at radius 2 is 2.26 bits per heavy atom. The molecule has 102 valence electrons. The van der Waals surface area contributed by atoms with Crippen molar-refractivity contribution in [2.45, 2.75) is 33.0 Å². The standard InChI is InChI=1S/C13H15FN2O3/c1-3-12-15-13(19-16-12)7-18-11-5-4-9(8(2)17)6-10(11)14/h4-6,8,17H,3,7H2,1-2H3. The number of rotatable bonds is 5. The number of aliphatic hydroxyl groups excluding tert-OH is 1. The van der Waals surface area contributed by atoms with Crippen molar-refractivity contribution in [1.29, 1.82) is 0 Å². The van der Waals surface area contributed by atoms with Gasteiger partial charge in [-0.15, -0.1) is 0 Å². The van der Waals surface area contributed by atoms with Gasteiger partial charge in [0.2, 0.25) is 0 Å². The van der Waals surface area contributed by atoms with E-state index in [1.165, 1.54) is 12.1 Å². The molecule has 0 fully saturated rings. The van der Waals surface area contributed by atoms with E-state index >= 15 is 0 Å². The van der Waals surface area contributed by atoms with Crippen molar-refractivity contribution in [2.75, 3.05) is 0 Å². The Morgan fingerprint density at radius 1 is 1.47 bits per heavy atom. The number of hydrogen-bond donors (Lipinski definition) is 1. The van der Waals surface area contributed by atoms with Gasteiger partial charge in [0.25, 0.3) is 5.89 Å². The van der Waals surface area contributed by atoms with E-state index in [4.69, 9.17) is 9.26 Å². The zero-order valence-electron chi connectivity index (χ0n) is 10.8. The van der Waals surface area contributed by atoms with Crippen LogP contribution >= 0.6 is 0 Å². The van der Waals surface area contributed by atoms with Gasteiger partial charge in [0.05, 0.1) is 6.10 Å². The summed E-state index contributed by atoms with van der Waals surface area (Å²) >= 11 is 0. The van der Waals surface area contributed by atoms with Crippen molar-refractivity contribution in [3.63, 3.8) is 0 Å². The first-order chi connectivity index (χ1) is 9.10. The first-order valence-corrected chi connectivity index (χ1v) is 6.02. The molecular formula is C13H15FN2O3. The third-order valence-electron chi connectivity index (χ3n) is 2.62. The Labute approximate surface area is 110 Å². The molecule has 0 aliphatic carbocycles. The number of aromatic nitrogens is 2. The highest BCUT2D eigenvalue weighted by atomic mass is 19.1. The Hall–Kier alpha value is -1.95. The highest BCUT2D eigenvalue weighted by molar-refractivity contribution is 5.30. The van der Waals surface area contributed by atoms with E-state index in [1.54, 1.807) is 13.0 Å². The van der Waals surface area contributed by atoms with Gasteiger partial charge in [-0.3, -0.25) is 0 Å². The topological polar surface area (TPSA) is 68.4 Å². The van der Waals surface area contributed by atoms with Crippen LogP contribution in [0.4, 0.5) is 4.39 Å². The molecule has 0 bridgehead atoms. The lowest BCUT2D eigenvalue weighted by Gasteiger charge is -2.08. The molecule has 0 radical (unpaired) electrons. The molecule has 19 heavy (non-hydrogen) atoms. The Bertz CT molecular complexity index is 555. The molecule has 1 atom stereocenters. The Morgan fingerprint density at radius 3 is 2.84 bits per heavy atom. The van der Waals surface area contributed by atoms with E-state index in [2.05, 4.69) is 10.1 Å². The van der Waals surface area contributed by atoms with Crippen LogP contribution < -0.4 is 4.74 Å². The van der Waals surface area contributed by atoms with E-state index in [0.29, 0.717) is 23.7 Å². The van der Waals surface area contributed by atoms with Crippen molar-refractivity contribution in [3.8, 4) is 5.75 Å². The lowest BCUT2D eigenvalue weighted by molar-refractivity contribution is 0.198. The highest BCUT2D eigenvalue weighted by Crippen LogP contribution is 2.22. The number of halogens is 1. The van der Waals surface area contributed by atoms with Crippen LogP contribution in [0.25, 0.3) is 0 Å². The molecular weight excluding hydrogens is 251 g/mol. The van der Waals surface area contributed by atoms with Crippen molar-refractivity contribution < 1.29 is 18.8 Å². The molecule has 0 aliphatic heterocycles. The van der Waals surface area contributed by atoms with Crippen LogP contribution in [0.1, 0.15) is 37.2 Å². The first-order valence-electron chi connectivity index (χ1n) is 6.02. The fourth-order valence-electron chi connectivity index (χ4n) is 1.53. The van der Waals surface area contributed by atoms with Gasteiger partial charge in [-0.05, 0) is 24.6 Å². The van der Waals surface area contributed by atoms with Gasteiger partial charge >= 0.3 is 0 Å². The second kappa shape index (κ2) is 5.79. The molecule has 0 saturated heterocycles. The van der Waals surface area contributed by atoms with Crippen molar-refractivity contribution >= 4 is 0 Å². The average Bonchev–Trinajstić information content (AvgIpc) is 2.85. The smallest absolute Gasteiger partial charge is 0.264 e. The second-order valence-corrected chi connectivity index (χ2v) is 4.11. The van der Waals surface area contributed by atoms with Crippen LogP contribution in [0.3, 0.4) is 0 Å². The maximum Gasteiger partial charge on any atom is 0.264 e. The number of benzene rings is 1. The number of aryl methyl sites for hydroxylation is 1. The molecule has 0 saturated carbocycles. The van der Waals surface area contributed by atoms with E-state index in [9.17, 15) is 9.50 Å². The zero-order valence-corrected chi connectivity index (χ0v) is 10.8. The maximum absolute atomic E-state index is 13.7. The molecule has 0 spiro atoms. The van der Waals surface area contributed by atoms with Crippen LogP contribution in [0.5, 0.6) is 5.75 Å². The second-order valence-electron chi connectivity index (χ2n) is 4.11. The molecule has 2 aromatic rings. The molecule has 1 N–H and O–H groups in total. The third kappa shape index (κ3) is 3.29. The summed E-state index contributed by atoms with van der Waals surface area (Å²) in [7, 11) is 0. The van der Waals surface area contributed by atoms with Gasteiger partial charge in [0.1, 0.15) is 0 Å². The van der Waals surface area contributed by atoms with Gasteiger partial charge < -0.3 is 14.4 Å². The molecule has 1 unspecified atom stereocenters. The van der Waals surface area contributed by atoms with Gasteiger partial charge in [0.15, 0.2) is 24.0 Å². The van der Waals surface area contributed by atoms with E-state index in [1.807, 2.05) is 6.92 Å². The lowest BCUT2D eigenvalue weighted by Crippen LogP contribution is -1.99. The van der Waals surface area contributed by atoms with E-state index in [-0.39, 0.29) is 12.4 Å². The van der Waals surface area contributed by atoms with Gasteiger partial charge in [0, 0.05) is 6.42 Å². The molecule has 2 rings (SSSR count). The van der Waals surface area contributed by atoms with Gasteiger partial charge in [-0.1, -0.05) is 18.1 Å². The zero-order chi connectivity index (χ0) is 13.8. The van der Waals surface area contributed by atoms with Crippen molar-refractivity contribution in [1.82, 2.24) is 10.1 Å². The molecule has 5 nitrogen and oxygen atoms in total. The summed E-state index contributed by atoms with van der Waals surface area (Å²) in [5.41, 5.74) is 0.496. The SMILES string of the molecule is CCc1noc(COc2ccc(C(C)O)cc2F)n1. The predicted molar refractivity (Wildman–Crippen MR) is 65.0 cm³/mol.